The second kappa shape index (κ2) is 9.64. The van der Waals surface area contributed by atoms with Gasteiger partial charge in [-0.2, -0.15) is 0 Å². The van der Waals surface area contributed by atoms with Crippen LogP contribution in [0.5, 0.6) is 0 Å². The number of piperidine rings is 2. The molecular formula is C24H28N4O2S3. The molecule has 5 rings (SSSR count). The quantitative estimate of drug-likeness (QED) is 0.450. The van der Waals surface area contributed by atoms with Gasteiger partial charge >= 0.3 is 0 Å². The van der Waals surface area contributed by atoms with Gasteiger partial charge in [-0.3, -0.25) is 9.59 Å². The second-order valence-corrected chi connectivity index (χ2v) is 12.2. The van der Waals surface area contributed by atoms with E-state index in [1.54, 1.807) is 34.0 Å². The first-order chi connectivity index (χ1) is 16.0. The van der Waals surface area contributed by atoms with E-state index in [1.165, 1.54) is 0 Å². The van der Waals surface area contributed by atoms with Crippen LogP contribution in [-0.4, -0.2) is 57.8 Å². The third-order valence-corrected chi connectivity index (χ3v) is 9.69. The first-order valence-corrected chi connectivity index (χ1v) is 14.1. The molecule has 9 heteroatoms. The standard InChI is InChI=1S/C24H28N4O2S3/c1-15-25-13-17(31-15)21-19(23(29)27-9-5-3-6-10-27)20(24(30)28-11-7-4-8-12-28)22(33-21)18-14-26-16(2)32-18/h13-14H,3-12H2,1-2H3. The van der Waals surface area contributed by atoms with Crippen molar-refractivity contribution in [2.24, 2.45) is 0 Å². The Balaban J connectivity index is 1.71. The van der Waals surface area contributed by atoms with Crippen LogP contribution in [0.4, 0.5) is 0 Å². The Labute approximate surface area is 206 Å². The molecule has 2 amide bonds. The molecule has 2 fully saturated rings. The highest BCUT2D eigenvalue weighted by molar-refractivity contribution is 7.27. The van der Waals surface area contributed by atoms with E-state index in [1.807, 2.05) is 36.0 Å². The van der Waals surface area contributed by atoms with Gasteiger partial charge in [0.05, 0.1) is 40.7 Å². The Bertz CT molecular complexity index is 1080. The number of nitrogens with zero attached hydrogens (tertiary/aromatic N) is 4. The van der Waals surface area contributed by atoms with Gasteiger partial charge in [0, 0.05) is 38.6 Å². The number of thiazole rings is 2. The third-order valence-electron chi connectivity index (χ3n) is 6.31. The molecule has 3 aromatic rings. The molecule has 2 aliphatic rings. The number of aryl methyl sites for hydroxylation is 2. The molecule has 33 heavy (non-hydrogen) atoms. The van der Waals surface area contributed by atoms with Crippen LogP contribution in [-0.2, 0) is 0 Å². The van der Waals surface area contributed by atoms with E-state index in [2.05, 4.69) is 9.97 Å². The van der Waals surface area contributed by atoms with Crippen molar-refractivity contribution in [2.45, 2.75) is 52.4 Å². The molecule has 2 saturated heterocycles. The predicted octanol–water partition coefficient (Wildman–Crippen LogP) is 5.86. The van der Waals surface area contributed by atoms with E-state index < -0.39 is 0 Å². The average molecular weight is 501 g/mol. The van der Waals surface area contributed by atoms with Crippen LogP contribution in [0.15, 0.2) is 12.4 Å². The van der Waals surface area contributed by atoms with Crippen LogP contribution in [0.2, 0.25) is 0 Å². The van der Waals surface area contributed by atoms with Gasteiger partial charge in [0.15, 0.2) is 0 Å². The molecule has 0 atom stereocenters. The van der Waals surface area contributed by atoms with E-state index in [-0.39, 0.29) is 11.8 Å². The minimum Gasteiger partial charge on any atom is -0.339 e. The van der Waals surface area contributed by atoms with E-state index in [0.29, 0.717) is 11.1 Å². The van der Waals surface area contributed by atoms with Crippen LogP contribution >= 0.6 is 34.0 Å². The first-order valence-electron chi connectivity index (χ1n) is 11.6. The van der Waals surface area contributed by atoms with Gasteiger partial charge < -0.3 is 9.80 Å². The van der Waals surface area contributed by atoms with Crippen molar-refractivity contribution in [3.63, 3.8) is 0 Å². The number of likely N-dealkylation sites (tertiary alicyclic amines) is 2. The Kier molecular flexibility index (Phi) is 6.62. The molecule has 0 unspecified atom stereocenters. The van der Waals surface area contributed by atoms with Crippen LogP contribution < -0.4 is 0 Å². The highest BCUT2D eigenvalue weighted by Crippen LogP contribution is 2.46. The molecule has 6 nitrogen and oxygen atoms in total. The molecule has 0 aliphatic carbocycles. The van der Waals surface area contributed by atoms with Crippen molar-refractivity contribution in [3.05, 3.63) is 33.5 Å². The van der Waals surface area contributed by atoms with Crippen LogP contribution in [0.3, 0.4) is 0 Å². The fourth-order valence-corrected chi connectivity index (χ4v) is 7.67. The van der Waals surface area contributed by atoms with Crippen LogP contribution in [0, 0.1) is 13.8 Å². The molecule has 174 valence electrons. The summed E-state index contributed by atoms with van der Waals surface area (Å²) in [5.74, 6) is -0.0281. The molecular weight excluding hydrogens is 472 g/mol. The van der Waals surface area contributed by atoms with Crippen molar-refractivity contribution in [1.29, 1.82) is 0 Å². The van der Waals surface area contributed by atoms with E-state index in [4.69, 9.17) is 0 Å². The van der Waals surface area contributed by atoms with E-state index >= 15 is 0 Å². The fourth-order valence-electron chi connectivity index (χ4n) is 4.63. The van der Waals surface area contributed by atoms with Gasteiger partial charge in [0.1, 0.15) is 0 Å². The molecule has 5 heterocycles. The summed E-state index contributed by atoms with van der Waals surface area (Å²) in [5.41, 5.74) is 1.14. The number of thiophene rings is 1. The number of carbonyl (C=O) groups excluding carboxylic acids is 2. The van der Waals surface area contributed by atoms with Gasteiger partial charge in [-0.05, 0) is 52.4 Å². The lowest BCUT2D eigenvalue weighted by molar-refractivity contribution is 0.0687. The lowest BCUT2D eigenvalue weighted by Crippen LogP contribution is -2.39. The molecule has 0 bridgehead atoms. The normalized spacial score (nSPS) is 16.9. The maximum atomic E-state index is 14.0. The number of hydrogen-bond acceptors (Lipinski definition) is 7. The monoisotopic (exact) mass is 500 g/mol. The zero-order valence-corrected chi connectivity index (χ0v) is 21.5. The predicted molar refractivity (Wildman–Crippen MR) is 136 cm³/mol. The van der Waals surface area contributed by atoms with E-state index in [9.17, 15) is 9.59 Å². The summed E-state index contributed by atoms with van der Waals surface area (Å²) < 4.78 is 0. The van der Waals surface area contributed by atoms with E-state index in [0.717, 1.165) is 94.2 Å². The van der Waals surface area contributed by atoms with Gasteiger partial charge in [0.25, 0.3) is 11.8 Å². The number of hydrogen-bond donors (Lipinski definition) is 0. The molecule has 0 N–H and O–H groups in total. The Hall–Kier alpha value is -2.10. The summed E-state index contributed by atoms with van der Waals surface area (Å²) in [5, 5.41) is 1.91. The zero-order chi connectivity index (χ0) is 22.9. The molecule has 2 aliphatic heterocycles. The largest absolute Gasteiger partial charge is 0.339 e. The van der Waals surface area contributed by atoms with Gasteiger partial charge in [0.2, 0.25) is 0 Å². The SMILES string of the molecule is Cc1ncc(-c2sc(-c3cnc(C)s3)c(C(=O)N3CCCCC3)c2C(=O)N2CCCCC2)s1. The summed E-state index contributed by atoms with van der Waals surface area (Å²) in [7, 11) is 0. The number of carbonyl (C=O) groups is 2. The summed E-state index contributed by atoms with van der Waals surface area (Å²) in [6, 6.07) is 0. The van der Waals surface area contributed by atoms with Crippen molar-refractivity contribution < 1.29 is 9.59 Å². The second-order valence-electron chi connectivity index (χ2n) is 8.70. The lowest BCUT2D eigenvalue weighted by atomic mass is 10.0. The number of amides is 2. The minimum absolute atomic E-state index is 0.0140. The molecule has 3 aromatic heterocycles. The van der Waals surface area contributed by atoms with Gasteiger partial charge in [-0.1, -0.05) is 0 Å². The topological polar surface area (TPSA) is 66.4 Å². The summed E-state index contributed by atoms with van der Waals surface area (Å²) in [6.07, 6.45) is 10.1. The average Bonchev–Trinajstić information content (AvgIpc) is 3.57. The smallest absolute Gasteiger partial charge is 0.256 e. The van der Waals surface area contributed by atoms with Gasteiger partial charge in [-0.25, -0.2) is 9.97 Å². The third kappa shape index (κ3) is 4.50. The molecule has 0 aromatic carbocycles. The number of rotatable bonds is 4. The Morgan fingerprint density at radius 3 is 1.39 bits per heavy atom. The van der Waals surface area contributed by atoms with Crippen LogP contribution in [0.25, 0.3) is 19.5 Å². The number of aromatic nitrogens is 2. The minimum atomic E-state index is -0.0140. The highest BCUT2D eigenvalue weighted by atomic mass is 32.1. The molecule has 0 spiro atoms. The maximum Gasteiger partial charge on any atom is 0.256 e. The molecule has 0 saturated carbocycles. The maximum absolute atomic E-state index is 14.0. The fraction of sp³-hybridized carbons (Fsp3) is 0.500. The first kappa shape index (κ1) is 22.7. The zero-order valence-electron chi connectivity index (χ0n) is 19.1. The van der Waals surface area contributed by atoms with Crippen molar-refractivity contribution >= 4 is 45.8 Å². The summed E-state index contributed by atoms with van der Waals surface area (Å²) in [6.45, 7) is 6.96. The summed E-state index contributed by atoms with van der Waals surface area (Å²) >= 11 is 4.71. The van der Waals surface area contributed by atoms with Crippen molar-refractivity contribution in [2.75, 3.05) is 26.2 Å². The summed E-state index contributed by atoms with van der Waals surface area (Å²) in [4.78, 5) is 44.4. The Morgan fingerprint density at radius 2 is 1.06 bits per heavy atom. The Morgan fingerprint density at radius 1 is 0.667 bits per heavy atom. The van der Waals surface area contributed by atoms with Crippen molar-refractivity contribution in [1.82, 2.24) is 19.8 Å². The lowest BCUT2D eigenvalue weighted by Gasteiger charge is -2.29. The highest BCUT2D eigenvalue weighted by Gasteiger charge is 2.35. The van der Waals surface area contributed by atoms with Crippen molar-refractivity contribution in [3.8, 4) is 19.5 Å². The molecule has 0 radical (unpaired) electrons. The van der Waals surface area contributed by atoms with Crippen LogP contribution in [0.1, 0.15) is 69.3 Å². The van der Waals surface area contributed by atoms with Gasteiger partial charge in [-0.15, -0.1) is 34.0 Å².